The van der Waals surface area contributed by atoms with Crippen LogP contribution in [0.5, 0.6) is 11.5 Å². The number of halogens is 2. The second-order valence-electron chi connectivity index (χ2n) is 3.95. The Morgan fingerprint density at radius 1 is 1.22 bits per heavy atom. The van der Waals surface area contributed by atoms with Crippen molar-refractivity contribution >= 4 is 15.9 Å². The van der Waals surface area contributed by atoms with Gasteiger partial charge in [0.1, 0.15) is 17.3 Å². The Bertz CT molecular complexity index is 570. The average Bonchev–Trinajstić information content (AvgIpc) is 2.36. The lowest BCUT2D eigenvalue weighted by molar-refractivity contribution is 0.276. The maximum absolute atomic E-state index is 13.4. The van der Waals surface area contributed by atoms with E-state index in [0.29, 0.717) is 21.5 Å². The van der Waals surface area contributed by atoms with Crippen molar-refractivity contribution in [3.63, 3.8) is 0 Å². The molecule has 0 fully saturated rings. The van der Waals surface area contributed by atoms with Crippen LogP contribution >= 0.6 is 15.9 Å². The summed E-state index contributed by atoms with van der Waals surface area (Å²) in [6.07, 6.45) is 0. The minimum Gasteiger partial charge on any atom is -0.457 e. The van der Waals surface area contributed by atoms with Crippen molar-refractivity contribution in [2.24, 2.45) is 0 Å². The number of hydrogen-bond donors (Lipinski definition) is 1. The van der Waals surface area contributed by atoms with E-state index in [1.165, 1.54) is 6.07 Å². The maximum atomic E-state index is 13.4. The third kappa shape index (κ3) is 2.89. The first-order valence-electron chi connectivity index (χ1n) is 5.43. The van der Waals surface area contributed by atoms with Gasteiger partial charge in [0, 0.05) is 11.6 Å². The Kier molecular flexibility index (Phi) is 3.99. The number of ether oxygens (including phenoxy) is 1. The molecular formula is C14H12BrFO2. The summed E-state index contributed by atoms with van der Waals surface area (Å²) >= 11 is 3.08. The van der Waals surface area contributed by atoms with Crippen LogP contribution < -0.4 is 4.74 Å². The van der Waals surface area contributed by atoms with Crippen molar-refractivity contribution in [2.75, 3.05) is 0 Å². The molecule has 4 heteroatoms. The number of rotatable bonds is 3. The fourth-order valence-corrected chi connectivity index (χ4v) is 1.85. The summed E-state index contributed by atoms with van der Waals surface area (Å²) in [4.78, 5) is 0. The molecule has 0 bridgehead atoms. The van der Waals surface area contributed by atoms with Crippen molar-refractivity contribution in [3.05, 3.63) is 57.8 Å². The minimum absolute atomic E-state index is 0.115. The Morgan fingerprint density at radius 2 is 2.00 bits per heavy atom. The quantitative estimate of drug-likeness (QED) is 0.921. The number of aliphatic hydroxyl groups is 1. The molecule has 0 saturated carbocycles. The summed E-state index contributed by atoms with van der Waals surface area (Å²) < 4.78 is 19.3. The van der Waals surface area contributed by atoms with Crippen LogP contribution in [0.15, 0.2) is 40.9 Å². The van der Waals surface area contributed by atoms with Crippen LogP contribution in [0.25, 0.3) is 0 Å². The molecular weight excluding hydrogens is 299 g/mol. The smallest absolute Gasteiger partial charge is 0.141 e. The van der Waals surface area contributed by atoms with Gasteiger partial charge >= 0.3 is 0 Å². The highest BCUT2D eigenvalue weighted by atomic mass is 79.9. The molecule has 0 atom stereocenters. The van der Waals surface area contributed by atoms with Crippen LogP contribution in [0, 0.1) is 12.7 Å². The molecule has 0 unspecified atom stereocenters. The van der Waals surface area contributed by atoms with Gasteiger partial charge in [0.05, 0.1) is 11.1 Å². The summed E-state index contributed by atoms with van der Waals surface area (Å²) in [6.45, 7) is 1.82. The lowest BCUT2D eigenvalue weighted by Crippen LogP contribution is -1.93. The van der Waals surface area contributed by atoms with Gasteiger partial charge in [0.15, 0.2) is 0 Å². The number of benzene rings is 2. The molecule has 0 heterocycles. The fourth-order valence-electron chi connectivity index (χ4n) is 1.60. The SMILES string of the molecule is Cc1ccc(Oc2ccc(Br)c(F)c2)c(CO)c1. The van der Waals surface area contributed by atoms with Gasteiger partial charge < -0.3 is 9.84 Å². The largest absolute Gasteiger partial charge is 0.457 e. The van der Waals surface area contributed by atoms with Crippen LogP contribution in [-0.4, -0.2) is 5.11 Å². The molecule has 0 saturated heterocycles. The van der Waals surface area contributed by atoms with Crippen molar-refractivity contribution < 1.29 is 14.2 Å². The van der Waals surface area contributed by atoms with E-state index in [9.17, 15) is 9.50 Å². The van der Waals surface area contributed by atoms with E-state index in [0.717, 1.165) is 5.56 Å². The summed E-state index contributed by atoms with van der Waals surface area (Å²) in [7, 11) is 0. The normalized spacial score (nSPS) is 10.4. The second-order valence-corrected chi connectivity index (χ2v) is 4.80. The van der Waals surface area contributed by atoms with E-state index in [1.807, 2.05) is 19.1 Å². The third-order valence-electron chi connectivity index (χ3n) is 2.51. The Labute approximate surface area is 113 Å². The van der Waals surface area contributed by atoms with Gasteiger partial charge in [-0.25, -0.2) is 4.39 Å². The lowest BCUT2D eigenvalue weighted by atomic mass is 10.1. The average molecular weight is 311 g/mol. The van der Waals surface area contributed by atoms with Gasteiger partial charge in [0.2, 0.25) is 0 Å². The standard InChI is InChI=1S/C14H12BrFO2/c1-9-2-5-14(10(6-9)8-17)18-11-3-4-12(15)13(16)7-11/h2-7,17H,8H2,1H3. The highest BCUT2D eigenvalue weighted by Gasteiger charge is 2.06. The maximum Gasteiger partial charge on any atom is 0.141 e. The number of aryl methyl sites for hydroxylation is 1. The monoisotopic (exact) mass is 310 g/mol. The first kappa shape index (κ1) is 13.1. The topological polar surface area (TPSA) is 29.5 Å². The molecule has 0 amide bonds. The van der Waals surface area contributed by atoms with Gasteiger partial charge in [-0.05, 0) is 41.1 Å². The highest BCUT2D eigenvalue weighted by Crippen LogP contribution is 2.28. The minimum atomic E-state index is -0.384. The van der Waals surface area contributed by atoms with Crippen molar-refractivity contribution in [1.29, 1.82) is 0 Å². The molecule has 1 N–H and O–H groups in total. The predicted octanol–water partition coefficient (Wildman–Crippen LogP) is 4.18. The Morgan fingerprint density at radius 3 is 2.67 bits per heavy atom. The van der Waals surface area contributed by atoms with Crippen molar-refractivity contribution in [1.82, 2.24) is 0 Å². The molecule has 0 aliphatic rings. The van der Waals surface area contributed by atoms with Crippen LogP contribution in [0.2, 0.25) is 0 Å². The van der Waals surface area contributed by atoms with Crippen LogP contribution in [0.3, 0.4) is 0 Å². The molecule has 0 aromatic heterocycles. The van der Waals surface area contributed by atoms with Gasteiger partial charge in [-0.3, -0.25) is 0 Å². The Balaban J connectivity index is 2.30. The third-order valence-corrected chi connectivity index (χ3v) is 3.15. The van der Waals surface area contributed by atoms with E-state index in [2.05, 4.69) is 15.9 Å². The fraction of sp³-hybridized carbons (Fsp3) is 0.143. The highest BCUT2D eigenvalue weighted by molar-refractivity contribution is 9.10. The van der Waals surface area contributed by atoms with Gasteiger partial charge in [-0.15, -0.1) is 0 Å². The molecule has 0 radical (unpaired) electrons. The first-order valence-corrected chi connectivity index (χ1v) is 6.23. The van der Waals surface area contributed by atoms with E-state index < -0.39 is 0 Å². The van der Waals surface area contributed by atoms with Crippen LogP contribution in [0.4, 0.5) is 4.39 Å². The number of aliphatic hydroxyl groups excluding tert-OH is 1. The first-order chi connectivity index (χ1) is 8.60. The molecule has 2 aromatic rings. The molecule has 0 aliphatic heterocycles. The molecule has 0 spiro atoms. The Hall–Kier alpha value is -1.39. The molecule has 18 heavy (non-hydrogen) atoms. The summed E-state index contributed by atoms with van der Waals surface area (Å²) in [5.74, 6) is 0.546. The van der Waals surface area contributed by atoms with E-state index in [4.69, 9.17) is 4.74 Å². The van der Waals surface area contributed by atoms with E-state index in [1.54, 1.807) is 18.2 Å². The molecule has 94 valence electrons. The zero-order valence-corrected chi connectivity index (χ0v) is 11.4. The van der Waals surface area contributed by atoms with Crippen molar-refractivity contribution in [2.45, 2.75) is 13.5 Å². The van der Waals surface area contributed by atoms with Crippen LogP contribution in [-0.2, 0) is 6.61 Å². The number of hydrogen-bond acceptors (Lipinski definition) is 2. The molecule has 2 nitrogen and oxygen atoms in total. The molecule has 2 aromatic carbocycles. The predicted molar refractivity (Wildman–Crippen MR) is 71.3 cm³/mol. The van der Waals surface area contributed by atoms with Gasteiger partial charge in [-0.1, -0.05) is 17.7 Å². The van der Waals surface area contributed by atoms with Crippen molar-refractivity contribution in [3.8, 4) is 11.5 Å². The zero-order valence-electron chi connectivity index (χ0n) is 9.78. The van der Waals surface area contributed by atoms with Gasteiger partial charge in [0.25, 0.3) is 0 Å². The summed E-state index contributed by atoms with van der Waals surface area (Å²) in [5.41, 5.74) is 1.71. The molecule has 2 rings (SSSR count). The molecule has 0 aliphatic carbocycles. The lowest BCUT2D eigenvalue weighted by Gasteiger charge is -2.10. The second kappa shape index (κ2) is 5.50. The van der Waals surface area contributed by atoms with E-state index in [-0.39, 0.29) is 12.4 Å². The van der Waals surface area contributed by atoms with Gasteiger partial charge in [-0.2, -0.15) is 0 Å². The van der Waals surface area contributed by atoms with E-state index >= 15 is 0 Å². The summed E-state index contributed by atoms with van der Waals surface area (Å²) in [5, 5.41) is 9.26. The zero-order chi connectivity index (χ0) is 13.1. The summed E-state index contributed by atoms with van der Waals surface area (Å²) in [6, 6.07) is 10.0. The van der Waals surface area contributed by atoms with Crippen LogP contribution in [0.1, 0.15) is 11.1 Å².